The maximum atomic E-state index is 11.7. The van der Waals surface area contributed by atoms with Gasteiger partial charge in [0.05, 0.1) is 0 Å². The van der Waals surface area contributed by atoms with Crippen molar-refractivity contribution in [3.63, 3.8) is 0 Å². The number of aromatic amines is 1. The van der Waals surface area contributed by atoms with Crippen LogP contribution < -0.4 is 5.32 Å². The van der Waals surface area contributed by atoms with Crippen LogP contribution in [-0.2, 0) is 4.79 Å². The summed E-state index contributed by atoms with van der Waals surface area (Å²) in [4.78, 5) is 11.7. The Kier molecular flexibility index (Phi) is 3.61. The molecule has 1 aromatic rings. The summed E-state index contributed by atoms with van der Waals surface area (Å²) in [6, 6.07) is 1.90. The Hall–Kier alpha value is -1.58. The number of hydrogen-bond donors (Lipinski definition) is 2. The van der Waals surface area contributed by atoms with E-state index in [2.05, 4.69) is 41.5 Å². The fourth-order valence-electron chi connectivity index (χ4n) is 1.99. The molecule has 1 aromatic heterocycles. The Labute approximate surface area is 101 Å². The largest absolute Gasteiger partial charge is 0.309 e. The van der Waals surface area contributed by atoms with Gasteiger partial charge in [0, 0.05) is 18.2 Å². The zero-order chi connectivity index (χ0) is 12.3. The van der Waals surface area contributed by atoms with Gasteiger partial charge in [-0.3, -0.25) is 9.89 Å². The van der Waals surface area contributed by atoms with Crippen molar-refractivity contribution in [1.82, 2.24) is 10.2 Å². The maximum absolute atomic E-state index is 11.7. The van der Waals surface area contributed by atoms with Gasteiger partial charge in [-0.2, -0.15) is 5.10 Å². The van der Waals surface area contributed by atoms with E-state index in [0.29, 0.717) is 24.1 Å². The van der Waals surface area contributed by atoms with Crippen LogP contribution in [0.3, 0.4) is 0 Å². The lowest BCUT2D eigenvalue weighted by atomic mass is 10.1. The lowest BCUT2D eigenvalue weighted by Gasteiger charge is -2.06. The molecular weight excluding hydrogens is 214 g/mol. The van der Waals surface area contributed by atoms with Crippen molar-refractivity contribution in [2.75, 3.05) is 5.32 Å². The third-order valence-electron chi connectivity index (χ3n) is 3.05. The van der Waals surface area contributed by atoms with E-state index in [1.165, 1.54) is 0 Å². The highest BCUT2D eigenvalue weighted by Gasteiger charge is 2.15. The Bertz CT molecular complexity index is 420. The smallest absolute Gasteiger partial charge is 0.226 e. The SMILES string of the molecule is CC(C)c1cc(NC(=O)CC2C=CCC2)n[nH]1. The quantitative estimate of drug-likeness (QED) is 0.786. The summed E-state index contributed by atoms with van der Waals surface area (Å²) in [5.41, 5.74) is 1.04. The minimum Gasteiger partial charge on any atom is -0.309 e. The topological polar surface area (TPSA) is 57.8 Å². The standard InChI is InChI=1S/C13H19N3O/c1-9(2)11-8-12(16-15-11)14-13(17)7-10-5-3-4-6-10/h3,5,8-10H,4,6-7H2,1-2H3,(H2,14,15,16,17). The zero-order valence-electron chi connectivity index (χ0n) is 10.4. The molecule has 0 saturated carbocycles. The second kappa shape index (κ2) is 5.17. The van der Waals surface area contributed by atoms with Crippen molar-refractivity contribution in [2.24, 2.45) is 5.92 Å². The van der Waals surface area contributed by atoms with Crippen LogP contribution in [0.1, 0.15) is 44.7 Å². The summed E-state index contributed by atoms with van der Waals surface area (Å²) in [5.74, 6) is 1.47. The monoisotopic (exact) mass is 233 g/mol. The third-order valence-corrected chi connectivity index (χ3v) is 3.05. The molecule has 0 fully saturated rings. The molecule has 1 amide bonds. The molecule has 0 radical (unpaired) electrons. The van der Waals surface area contributed by atoms with Crippen LogP contribution >= 0.6 is 0 Å². The van der Waals surface area contributed by atoms with E-state index >= 15 is 0 Å². The normalized spacial score (nSPS) is 18.9. The van der Waals surface area contributed by atoms with Crippen LogP contribution in [0, 0.1) is 5.92 Å². The van der Waals surface area contributed by atoms with Crippen LogP contribution in [-0.4, -0.2) is 16.1 Å². The fourth-order valence-corrected chi connectivity index (χ4v) is 1.99. The minimum atomic E-state index is 0.0448. The van der Waals surface area contributed by atoms with Gasteiger partial charge in [-0.25, -0.2) is 0 Å². The second-order valence-corrected chi connectivity index (χ2v) is 4.88. The van der Waals surface area contributed by atoms with Gasteiger partial charge in [-0.05, 0) is 24.7 Å². The van der Waals surface area contributed by atoms with Gasteiger partial charge in [-0.1, -0.05) is 26.0 Å². The number of rotatable bonds is 4. The molecule has 92 valence electrons. The molecule has 1 aliphatic carbocycles. The summed E-state index contributed by atoms with van der Waals surface area (Å²) in [7, 11) is 0. The molecule has 0 aromatic carbocycles. The van der Waals surface area contributed by atoms with Crippen molar-refractivity contribution in [3.8, 4) is 0 Å². The molecule has 1 unspecified atom stereocenters. The Balaban J connectivity index is 1.86. The number of anilines is 1. The van der Waals surface area contributed by atoms with Crippen molar-refractivity contribution < 1.29 is 4.79 Å². The first-order chi connectivity index (χ1) is 8.15. The van der Waals surface area contributed by atoms with Gasteiger partial charge in [0.2, 0.25) is 5.91 Å². The number of amides is 1. The number of nitrogens with zero attached hydrogens (tertiary/aromatic N) is 1. The number of H-pyrrole nitrogens is 1. The van der Waals surface area contributed by atoms with E-state index in [-0.39, 0.29) is 5.91 Å². The molecule has 17 heavy (non-hydrogen) atoms. The predicted molar refractivity (Wildman–Crippen MR) is 67.8 cm³/mol. The van der Waals surface area contributed by atoms with Gasteiger partial charge in [-0.15, -0.1) is 0 Å². The number of aromatic nitrogens is 2. The highest BCUT2D eigenvalue weighted by atomic mass is 16.1. The van der Waals surface area contributed by atoms with Crippen LogP contribution in [0.2, 0.25) is 0 Å². The molecule has 2 rings (SSSR count). The van der Waals surface area contributed by atoms with E-state index in [1.54, 1.807) is 0 Å². The van der Waals surface area contributed by atoms with E-state index in [0.717, 1.165) is 18.5 Å². The lowest BCUT2D eigenvalue weighted by molar-refractivity contribution is -0.116. The predicted octanol–water partition coefficient (Wildman–Crippen LogP) is 2.83. The van der Waals surface area contributed by atoms with Gasteiger partial charge >= 0.3 is 0 Å². The molecule has 0 spiro atoms. The van der Waals surface area contributed by atoms with Crippen molar-refractivity contribution in [2.45, 2.75) is 39.0 Å². The number of carbonyl (C=O) groups is 1. The molecule has 0 bridgehead atoms. The summed E-state index contributed by atoms with van der Waals surface area (Å²) >= 11 is 0. The number of carbonyl (C=O) groups excluding carboxylic acids is 1. The van der Waals surface area contributed by atoms with Gasteiger partial charge in [0.1, 0.15) is 0 Å². The first kappa shape index (κ1) is 11.9. The van der Waals surface area contributed by atoms with E-state index in [9.17, 15) is 4.79 Å². The fraction of sp³-hybridized carbons (Fsp3) is 0.538. The first-order valence-corrected chi connectivity index (χ1v) is 6.17. The molecule has 4 nitrogen and oxygen atoms in total. The number of allylic oxidation sites excluding steroid dienone is 2. The Morgan fingerprint density at radius 3 is 3.06 bits per heavy atom. The highest BCUT2D eigenvalue weighted by Crippen LogP contribution is 2.21. The maximum Gasteiger partial charge on any atom is 0.226 e. The molecular formula is C13H19N3O. The van der Waals surface area contributed by atoms with Gasteiger partial charge in [0.25, 0.3) is 0 Å². The minimum absolute atomic E-state index is 0.0448. The summed E-state index contributed by atoms with van der Waals surface area (Å²) in [6.45, 7) is 4.17. The lowest BCUT2D eigenvalue weighted by Crippen LogP contribution is -2.14. The van der Waals surface area contributed by atoms with Crippen LogP contribution in [0.5, 0.6) is 0 Å². The molecule has 1 atom stereocenters. The van der Waals surface area contributed by atoms with Crippen LogP contribution in [0.4, 0.5) is 5.82 Å². The molecule has 0 aliphatic heterocycles. The summed E-state index contributed by atoms with van der Waals surface area (Å²) in [5, 5.41) is 9.83. The van der Waals surface area contributed by atoms with E-state index in [4.69, 9.17) is 0 Å². The molecule has 2 N–H and O–H groups in total. The molecule has 4 heteroatoms. The van der Waals surface area contributed by atoms with Crippen LogP contribution in [0.25, 0.3) is 0 Å². The van der Waals surface area contributed by atoms with E-state index in [1.807, 2.05) is 6.07 Å². The average Bonchev–Trinajstić information content (AvgIpc) is 2.88. The summed E-state index contributed by atoms with van der Waals surface area (Å²) < 4.78 is 0. The van der Waals surface area contributed by atoms with Gasteiger partial charge < -0.3 is 5.32 Å². The Morgan fingerprint density at radius 2 is 2.47 bits per heavy atom. The first-order valence-electron chi connectivity index (χ1n) is 6.17. The van der Waals surface area contributed by atoms with Crippen molar-refractivity contribution in [1.29, 1.82) is 0 Å². The molecule has 1 heterocycles. The molecule has 1 aliphatic rings. The van der Waals surface area contributed by atoms with Crippen molar-refractivity contribution in [3.05, 3.63) is 23.9 Å². The van der Waals surface area contributed by atoms with Crippen LogP contribution in [0.15, 0.2) is 18.2 Å². The number of nitrogens with one attached hydrogen (secondary N) is 2. The average molecular weight is 233 g/mol. The second-order valence-electron chi connectivity index (χ2n) is 4.88. The van der Waals surface area contributed by atoms with Gasteiger partial charge in [0.15, 0.2) is 5.82 Å². The number of hydrogen-bond acceptors (Lipinski definition) is 2. The highest BCUT2D eigenvalue weighted by molar-refractivity contribution is 5.90. The zero-order valence-corrected chi connectivity index (χ0v) is 10.4. The van der Waals surface area contributed by atoms with E-state index < -0.39 is 0 Å². The summed E-state index contributed by atoms with van der Waals surface area (Å²) in [6.07, 6.45) is 7.01. The Morgan fingerprint density at radius 1 is 1.65 bits per heavy atom. The third kappa shape index (κ3) is 3.19. The molecule has 0 saturated heterocycles. The van der Waals surface area contributed by atoms with Crippen molar-refractivity contribution >= 4 is 11.7 Å².